The minimum Gasteiger partial charge on any atom is 0 e. The first kappa shape index (κ1) is 16.7. The van der Waals surface area contributed by atoms with Crippen molar-refractivity contribution in [1.82, 2.24) is 0 Å². The molecular formula is OSbSnV. The van der Waals surface area contributed by atoms with Crippen LogP contribution < -0.4 is 0 Å². The molecule has 0 rings (SSSR count). The monoisotopic (exact) mass is 308 g/mol. The molecule has 0 aliphatic carbocycles. The summed E-state index contributed by atoms with van der Waals surface area (Å²) in [6.07, 6.45) is 0. The van der Waals surface area contributed by atoms with E-state index in [1.165, 1.54) is 0 Å². The van der Waals surface area contributed by atoms with Crippen LogP contribution in [0.2, 0.25) is 0 Å². The molecule has 0 atom stereocenters. The maximum Gasteiger partial charge on any atom is 0 e. The van der Waals surface area contributed by atoms with E-state index in [9.17, 15) is 0 Å². The first-order valence-electron chi connectivity index (χ1n) is 0.183. The van der Waals surface area contributed by atoms with E-state index in [4.69, 9.17) is 3.02 Å². The summed E-state index contributed by atoms with van der Waals surface area (Å²) < 4.78 is 8.30. The van der Waals surface area contributed by atoms with Gasteiger partial charge in [-0.3, -0.25) is 0 Å². The third kappa shape index (κ3) is 9.00. The second-order valence-electron chi connectivity index (χ2n) is 0. The van der Waals surface area contributed by atoms with Gasteiger partial charge in [-0.05, 0) is 0 Å². The van der Waals surface area contributed by atoms with Crippen LogP contribution in [0.3, 0.4) is 0 Å². The van der Waals surface area contributed by atoms with Gasteiger partial charge < -0.3 is 0 Å². The Morgan fingerprint density at radius 1 is 1.25 bits per heavy atom. The Kier molecular flexibility index (Phi) is 83.3. The fourth-order valence-corrected chi connectivity index (χ4v) is 0. The van der Waals surface area contributed by atoms with Gasteiger partial charge in [-0.1, -0.05) is 0 Å². The van der Waals surface area contributed by atoms with Crippen molar-refractivity contribution in [2.75, 3.05) is 0 Å². The maximum absolute atomic E-state index is 8.30. The van der Waals surface area contributed by atoms with Crippen LogP contribution in [0.4, 0.5) is 0 Å². The van der Waals surface area contributed by atoms with Crippen LogP contribution in [0.5, 0.6) is 0 Å². The van der Waals surface area contributed by atoms with Gasteiger partial charge in [-0.15, -0.1) is 0 Å². The topological polar surface area (TPSA) is 17.1 Å². The van der Waals surface area contributed by atoms with Gasteiger partial charge in [0.15, 0.2) is 0 Å². The molecule has 0 aromatic rings. The predicted molar refractivity (Wildman–Crippen MR) is 12.2 cm³/mol. The Hall–Kier alpha value is 2.00. The van der Waals surface area contributed by atoms with E-state index in [1.807, 2.05) is 0 Å². The zero-order chi connectivity index (χ0) is 2.00. The van der Waals surface area contributed by atoms with E-state index < -0.39 is 0 Å². The van der Waals surface area contributed by atoms with Crippen LogP contribution in [-0.4, -0.2) is 46.9 Å². The Labute approximate surface area is 67.6 Å². The van der Waals surface area contributed by atoms with Crippen LogP contribution in [0.15, 0.2) is 0 Å². The minimum atomic E-state index is 0. The molecule has 0 aromatic carbocycles. The van der Waals surface area contributed by atoms with Crippen molar-refractivity contribution >= 4 is 46.9 Å². The van der Waals surface area contributed by atoms with Crippen molar-refractivity contribution in [2.24, 2.45) is 0 Å². The smallest absolute Gasteiger partial charge is 0 e. The molecule has 4 heavy (non-hydrogen) atoms. The summed E-state index contributed by atoms with van der Waals surface area (Å²) in [5, 5.41) is 0. The second kappa shape index (κ2) is 20.0. The van der Waals surface area contributed by atoms with E-state index in [-0.39, 0.29) is 42.5 Å². The van der Waals surface area contributed by atoms with Gasteiger partial charge in [-0.25, -0.2) is 0 Å². The van der Waals surface area contributed by atoms with Gasteiger partial charge in [-0.2, -0.15) is 0 Å². The average Bonchev–Trinajstić information content (AvgIpc) is 1.00. The maximum atomic E-state index is 8.30. The summed E-state index contributed by atoms with van der Waals surface area (Å²) in [5.74, 6) is 0. The Morgan fingerprint density at radius 3 is 1.25 bits per heavy atom. The van der Waals surface area contributed by atoms with Crippen molar-refractivity contribution in [3.05, 3.63) is 0 Å². The van der Waals surface area contributed by atoms with Crippen molar-refractivity contribution in [2.45, 2.75) is 0 Å². The minimum absolute atomic E-state index is 0. The number of hydrogen-bond donors (Lipinski definition) is 0. The third-order valence-electron chi connectivity index (χ3n) is 0. The third-order valence-corrected chi connectivity index (χ3v) is 0. The average molecular weight is 307 g/mol. The standard InChI is InChI=1S/O.Sb.Sn.V. The first-order chi connectivity index (χ1) is 1.00. The van der Waals surface area contributed by atoms with E-state index in [0.29, 0.717) is 23.0 Å². The molecule has 0 saturated heterocycles. The number of rotatable bonds is 0. The summed E-state index contributed by atoms with van der Waals surface area (Å²) in [6, 6.07) is 0. The number of hydrogen-bond acceptors (Lipinski definition) is 1. The van der Waals surface area contributed by atoms with Gasteiger partial charge in [0.2, 0.25) is 0 Å². The van der Waals surface area contributed by atoms with Crippen LogP contribution in [0.25, 0.3) is 0 Å². The summed E-state index contributed by atoms with van der Waals surface area (Å²) >= 11 is 0.500. The molecule has 0 saturated carbocycles. The molecule has 0 fully saturated rings. The van der Waals surface area contributed by atoms with Gasteiger partial charge >= 0.3 is 26.0 Å². The Morgan fingerprint density at radius 2 is 1.25 bits per heavy atom. The van der Waals surface area contributed by atoms with Crippen LogP contribution in [0, 0.1) is 0 Å². The molecule has 0 bridgehead atoms. The molecule has 1 nitrogen and oxygen atoms in total. The summed E-state index contributed by atoms with van der Waals surface area (Å²) in [4.78, 5) is 0. The normalized spacial score (nSPS) is 1.00. The summed E-state index contributed by atoms with van der Waals surface area (Å²) in [5.41, 5.74) is 0. The van der Waals surface area contributed by atoms with E-state index in [2.05, 4.69) is 0 Å². The van der Waals surface area contributed by atoms with Gasteiger partial charge in [0.05, 0.1) is 0 Å². The molecule has 0 aromatic heterocycles. The zero-order valence-electron chi connectivity index (χ0n) is 1.80. The molecule has 0 spiro atoms. The van der Waals surface area contributed by atoms with Crippen LogP contribution in [-0.2, 0) is 21.6 Å². The molecule has 0 N–H and O–H groups in total. The molecule has 0 aliphatic rings. The van der Waals surface area contributed by atoms with Crippen molar-refractivity contribution < 1.29 is 21.6 Å². The van der Waals surface area contributed by atoms with Crippen molar-refractivity contribution in [1.29, 1.82) is 0 Å². The molecule has 0 heterocycles. The molecular weight excluding hydrogens is 307 g/mol. The molecule has 6 radical (unpaired) electrons. The van der Waals surface area contributed by atoms with E-state index in [0.717, 1.165) is 0 Å². The second-order valence-corrected chi connectivity index (χ2v) is 0. The predicted octanol–water partition coefficient (Wildman–Crippen LogP) is -0.883. The Balaban J connectivity index is -0.00000000500. The van der Waals surface area contributed by atoms with Gasteiger partial charge in [0.25, 0.3) is 0 Å². The largest absolute Gasteiger partial charge is 0 e. The van der Waals surface area contributed by atoms with Crippen LogP contribution >= 0.6 is 0 Å². The van der Waals surface area contributed by atoms with Crippen molar-refractivity contribution in [3.63, 3.8) is 0 Å². The zero-order valence-corrected chi connectivity index (χ0v) is 8.61. The quantitative estimate of drug-likeness (QED) is 0.531. The van der Waals surface area contributed by atoms with Gasteiger partial charge in [0, 0.05) is 42.5 Å². The fraction of sp³-hybridized carbons (Fsp3) is 0. The molecule has 0 aliphatic heterocycles. The summed E-state index contributed by atoms with van der Waals surface area (Å²) in [6.45, 7) is 0. The van der Waals surface area contributed by atoms with Gasteiger partial charge in [0.1, 0.15) is 0 Å². The summed E-state index contributed by atoms with van der Waals surface area (Å²) in [7, 11) is 0. The van der Waals surface area contributed by atoms with E-state index in [1.54, 1.807) is 0 Å². The van der Waals surface area contributed by atoms with E-state index >= 15 is 0 Å². The molecule has 0 amide bonds. The van der Waals surface area contributed by atoms with Crippen LogP contribution in [0.1, 0.15) is 0 Å². The molecule has 20 valence electrons. The first-order valence-corrected chi connectivity index (χ1v) is 1.22. The molecule has 4 heteroatoms. The van der Waals surface area contributed by atoms with Crippen molar-refractivity contribution in [3.8, 4) is 0 Å². The SMILES string of the molecule is [O]=[Sb].[Sn].[V]. The molecule has 0 unspecified atom stereocenters. The fourth-order valence-electron chi connectivity index (χ4n) is 0. The Bertz CT molecular complexity index is 8.00.